The molecule has 0 bridgehead atoms. The minimum Gasteiger partial charge on any atom is -0.485 e. The van der Waals surface area contributed by atoms with Crippen molar-refractivity contribution in [2.75, 3.05) is 13.1 Å². The van der Waals surface area contributed by atoms with E-state index in [0.717, 1.165) is 24.4 Å². The van der Waals surface area contributed by atoms with Crippen LogP contribution in [0.4, 0.5) is 0 Å². The van der Waals surface area contributed by atoms with Gasteiger partial charge in [0.15, 0.2) is 0 Å². The quantitative estimate of drug-likeness (QED) is 0.767. The Bertz CT molecular complexity index is 646. The van der Waals surface area contributed by atoms with Gasteiger partial charge >= 0.3 is 0 Å². The maximum atomic E-state index is 6.15. The van der Waals surface area contributed by atoms with Crippen LogP contribution in [-0.4, -0.2) is 13.1 Å². The first kappa shape index (κ1) is 17.7. The smallest absolute Gasteiger partial charge is 0.129 e. The highest BCUT2D eigenvalue weighted by Crippen LogP contribution is 2.34. The Labute approximate surface area is 151 Å². The average Bonchev–Trinajstić information content (AvgIpc) is 2.39. The second kappa shape index (κ2) is 7.76. The molecule has 1 heterocycles. The van der Waals surface area contributed by atoms with Crippen molar-refractivity contribution < 1.29 is 4.74 Å². The fourth-order valence-electron chi connectivity index (χ4n) is 2.34. The van der Waals surface area contributed by atoms with Crippen LogP contribution in [0.3, 0.4) is 0 Å². The van der Waals surface area contributed by atoms with Gasteiger partial charge in [-0.15, -0.1) is 12.4 Å². The Kier molecular flexibility index (Phi) is 6.25. The van der Waals surface area contributed by atoms with E-state index in [9.17, 15) is 0 Å². The van der Waals surface area contributed by atoms with Crippen molar-refractivity contribution >= 4 is 47.2 Å². The topological polar surface area (TPSA) is 21.3 Å². The zero-order valence-corrected chi connectivity index (χ0v) is 14.6. The normalized spacial score (nSPS) is 15.6. The summed E-state index contributed by atoms with van der Waals surface area (Å²) >= 11 is 18.1. The van der Waals surface area contributed by atoms with Crippen LogP contribution in [-0.2, 0) is 0 Å². The lowest BCUT2D eigenvalue weighted by molar-refractivity contribution is 0.0993. The summed E-state index contributed by atoms with van der Waals surface area (Å²) in [6.45, 7) is 1.84. The number of hydrogen-bond acceptors (Lipinski definition) is 2. The summed E-state index contributed by atoms with van der Waals surface area (Å²) in [6.07, 6.45) is -0.0699. The van der Waals surface area contributed by atoms with Gasteiger partial charge in [0, 0.05) is 24.0 Å². The van der Waals surface area contributed by atoms with Gasteiger partial charge in [0.1, 0.15) is 11.9 Å². The highest BCUT2D eigenvalue weighted by Gasteiger charge is 2.30. The number of nitrogens with one attached hydrogen (secondary N) is 1. The predicted octanol–water partition coefficient (Wildman–Crippen LogP) is 5.41. The molecule has 0 aliphatic carbocycles. The maximum absolute atomic E-state index is 6.15. The van der Waals surface area contributed by atoms with Crippen molar-refractivity contribution in [3.05, 3.63) is 63.1 Å². The lowest BCUT2D eigenvalue weighted by Gasteiger charge is -2.35. The zero-order valence-electron chi connectivity index (χ0n) is 11.6. The minimum atomic E-state index is -0.0699. The minimum absolute atomic E-state index is 0. The molecule has 1 aliphatic rings. The molecule has 6 heteroatoms. The molecule has 1 aliphatic heterocycles. The summed E-state index contributed by atoms with van der Waals surface area (Å²) in [5.41, 5.74) is 1.02. The molecule has 0 saturated carbocycles. The molecule has 0 unspecified atom stereocenters. The van der Waals surface area contributed by atoms with Gasteiger partial charge in [0.05, 0.1) is 10.0 Å². The molecule has 2 aromatic rings. The summed E-state index contributed by atoms with van der Waals surface area (Å²) in [7, 11) is 0. The summed E-state index contributed by atoms with van der Waals surface area (Å²) in [6, 6.07) is 13.1. The first-order valence-corrected chi connectivity index (χ1v) is 7.85. The van der Waals surface area contributed by atoms with E-state index in [0.29, 0.717) is 21.0 Å². The molecule has 1 saturated heterocycles. The number of rotatable bonds is 4. The highest BCUT2D eigenvalue weighted by molar-refractivity contribution is 6.42. The van der Waals surface area contributed by atoms with Crippen molar-refractivity contribution in [3.8, 4) is 5.75 Å². The molecule has 0 radical (unpaired) electrons. The molecule has 1 fully saturated rings. The van der Waals surface area contributed by atoms with Gasteiger partial charge in [0.25, 0.3) is 0 Å². The van der Waals surface area contributed by atoms with E-state index in [4.69, 9.17) is 39.5 Å². The van der Waals surface area contributed by atoms with E-state index >= 15 is 0 Å². The van der Waals surface area contributed by atoms with Gasteiger partial charge in [-0.05, 0) is 35.9 Å². The van der Waals surface area contributed by atoms with Crippen molar-refractivity contribution in [3.63, 3.8) is 0 Å². The number of ether oxygens (including phenoxy) is 1. The van der Waals surface area contributed by atoms with Crippen LogP contribution in [0, 0.1) is 5.92 Å². The van der Waals surface area contributed by atoms with E-state index < -0.39 is 0 Å². The van der Waals surface area contributed by atoms with E-state index in [-0.39, 0.29) is 18.5 Å². The third-order valence-electron chi connectivity index (χ3n) is 3.57. The summed E-state index contributed by atoms with van der Waals surface area (Å²) in [4.78, 5) is 0. The van der Waals surface area contributed by atoms with E-state index in [1.807, 2.05) is 36.4 Å². The lowest BCUT2D eigenvalue weighted by atomic mass is 9.91. The van der Waals surface area contributed by atoms with Crippen molar-refractivity contribution in [2.24, 2.45) is 5.92 Å². The Morgan fingerprint density at radius 3 is 2.36 bits per heavy atom. The zero-order chi connectivity index (χ0) is 14.8. The second-order valence-electron chi connectivity index (χ2n) is 5.09. The second-order valence-corrected chi connectivity index (χ2v) is 6.34. The summed E-state index contributed by atoms with van der Waals surface area (Å²) < 4.78 is 6.15. The largest absolute Gasteiger partial charge is 0.485 e. The third-order valence-corrected chi connectivity index (χ3v) is 4.55. The van der Waals surface area contributed by atoms with E-state index in [1.165, 1.54) is 0 Å². The summed E-state index contributed by atoms with van der Waals surface area (Å²) in [5, 5.41) is 5.02. The molecule has 1 atom stereocenters. The van der Waals surface area contributed by atoms with Crippen LogP contribution in [0.25, 0.3) is 0 Å². The molecule has 3 rings (SSSR count). The first-order chi connectivity index (χ1) is 10.1. The monoisotopic (exact) mass is 377 g/mol. The van der Waals surface area contributed by atoms with Gasteiger partial charge in [-0.2, -0.15) is 0 Å². The van der Waals surface area contributed by atoms with Crippen LogP contribution in [0.1, 0.15) is 11.7 Å². The van der Waals surface area contributed by atoms with Crippen molar-refractivity contribution in [1.29, 1.82) is 0 Å². The van der Waals surface area contributed by atoms with Gasteiger partial charge in [-0.1, -0.05) is 46.9 Å². The van der Waals surface area contributed by atoms with E-state index in [2.05, 4.69) is 5.32 Å². The number of benzene rings is 2. The van der Waals surface area contributed by atoms with Gasteiger partial charge in [0.2, 0.25) is 0 Å². The molecule has 118 valence electrons. The lowest BCUT2D eigenvalue weighted by Crippen LogP contribution is -2.46. The fraction of sp³-hybridized carbons (Fsp3) is 0.250. The Morgan fingerprint density at radius 1 is 1.00 bits per heavy atom. The molecule has 0 aromatic heterocycles. The SMILES string of the molecule is Cl.Clc1cccc(O[C@H](c2ccc(Cl)c(Cl)c2)C2CNC2)c1. The van der Waals surface area contributed by atoms with Crippen LogP contribution in [0.2, 0.25) is 15.1 Å². The molecule has 0 amide bonds. The average molecular weight is 379 g/mol. The fourth-order valence-corrected chi connectivity index (χ4v) is 2.82. The van der Waals surface area contributed by atoms with Crippen molar-refractivity contribution in [1.82, 2.24) is 5.32 Å². The standard InChI is InChI=1S/C16H14Cl3NO.ClH/c17-12-2-1-3-13(7-12)21-16(11-8-20-9-11)10-4-5-14(18)15(19)6-10;/h1-7,11,16,20H,8-9H2;1H/t16-;/m1./s1. The maximum Gasteiger partial charge on any atom is 0.129 e. The molecule has 2 nitrogen and oxygen atoms in total. The van der Waals surface area contributed by atoms with Gasteiger partial charge in [-0.25, -0.2) is 0 Å². The Hall–Kier alpha value is -0.640. The van der Waals surface area contributed by atoms with Gasteiger partial charge < -0.3 is 10.1 Å². The number of hydrogen-bond donors (Lipinski definition) is 1. The van der Waals surface area contributed by atoms with Crippen LogP contribution in [0.15, 0.2) is 42.5 Å². The summed E-state index contributed by atoms with van der Waals surface area (Å²) in [5.74, 6) is 1.16. The first-order valence-electron chi connectivity index (χ1n) is 6.71. The van der Waals surface area contributed by atoms with E-state index in [1.54, 1.807) is 6.07 Å². The Morgan fingerprint density at radius 2 is 1.77 bits per heavy atom. The van der Waals surface area contributed by atoms with Gasteiger partial charge in [-0.3, -0.25) is 0 Å². The molecular weight excluding hydrogens is 364 g/mol. The molecular formula is C16H15Cl4NO. The predicted molar refractivity (Wildman–Crippen MR) is 94.9 cm³/mol. The van der Waals surface area contributed by atoms with Crippen LogP contribution < -0.4 is 10.1 Å². The Balaban J connectivity index is 0.00000176. The highest BCUT2D eigenvalue weighted by atomic mass is 35.5. The van der Waals surface area contributed by atoms with Crippen molar-refractivity contribution in [2.45, 2.75) is 6.10 Å². The molecule has 2 aromatic carbocycles. The van der Waals surface area contributed by atoms with Crippen LogP contribution in [0.5, 0.6) is 5.75 Å². The number of halogens is 4. The molecule has 0 spiro atoms. The molecule has 1 N–H and O–H groups in total. The van der Waals surface area contributed by atoms with Crippen LogP contribution >= 0.6 is 47.2 Å². The molecule has 22 heavy (non-hydrogen) atoms. The third kappa shape index (κ3) is 4.01.